The maximum atomic E-state index is 12.0. The number of fused-ring (bicyclic) bond motifs is 1. The zero-order chi connectivity index (χ0) is 15.5. The minimum absolute atomic E-state index is 0.0259. The maximum absolute atomic E-state index is 12.0. The summed E-state index contributed by atoms with van der Waals surface area (Å²) in [4.78, 5) is 30.4. The fraction of sp³-hybridized carbons (Fsp3) is 0.533. The predicted molar refractivity (Wildman–Crippen MR) is 83.1 cm³/mol. The van der Waals surface area contributed by atoms with Gasteiger partial charge in [0, 0.05) is 30.5 Å². The number of esters is 1. The van der Waals surface area contributed by atoms with Gasteiger partial charge in [-0.25, -0.2) is 4.98 Å². The fourth-order valence-electron chi connectivity index (χ4n) is 2.93. The molecule has 0 atom stereocenters. The number of aromatic nitrogens is 2. The molecule has 0 spiro atoms. The van der Waals surface area contributed by atoms with Gasteiger partial charge in [-0.1, -0.05) is 0 Å². The lowest BCUT2D eigenvalue weighted by molar-refractivity contribution is -0.919. The van der Waals surface area contributed by atoms with E-state index in [9.17, 15) is 9.59 Å². The number of hydrogen-bond acceptors (Lipinski definition) is 5. The molecule has 0 bridgehead atoms. The van der Waals surface area contributed by atoms with E-state index in [0.717, 1.165) is 43.1 Å². The first kappa shape index (κ1) is 15.2. The number of quaternary nitrogens is 1. The molecule has 1 aliphatic rings. The summed E-state index contributed by atoms with van der Waals surface area (Å²) in [5, 5.41) is 1.87. The van der Waals surface area contributed by atoms with Crippen molar-refractivity contribution in [3.05, 3.63) is 33.7 Å². The van der Waals surface area contributed by atoms with Crippen LogP contribution in [0, 0.1) is 5.92 Å². The van der Waals surface area contributed by atoms with Crippen LogP contribution in [0.4, 0.5) is 0 Å². The van der Waals surface area contributed by atoms with Crippen LogP contribution in [0.5, 0.6) is 0 Å². The molecule has 3 heterocycles. The van der Waals surface area contributed by atoms with Gasteiger partial charge in [0.15, 0.2) is 4.96 Å². The van der Waals surface area contributed by atoms with Gasteiger partial charge in [-0.05, 0) is 6.92 Å². The average Bonchev–Trinajstić information content (AvgIpc) is 2.97. The Bertz CT molecular complexity index is 716. The van der Waals surface area contributed by atoms with Gasteiger partial charge in [-0.3, -0.25) is 14.0 Å². The van der Waals surface area contributed by atoms with E-state index in [1.807, 2.05) is 12.3 Å². The fourth-order valence-corrected chi connectivity index (χ4v) is 3.67. The summed E-state index contributed by atoms with van der Waals surface area (Å²) in [6.07, 6.45) is 3.43. The number of piperidine rings is 1. The second-order valence-corrected chi connectivity index (χ2v) is 6.47. The Balaban J connectivity index is 1.62. The number of hydrogen-bond donors (Lipinski definition) is 1. The van der Waals surface area contributed by atoms with Crippen LogP contribution in [0.2, 0.25) is 0 Å². The van der Waals surface area contributed by atoms with Crippen molar-refractivity contribution in [2.45, 2.75) is 26.3 Å². The van der Waals surface area contributed by atoms with E-state index >= 15 is 0 Å². The Kier molecular flexibility index (Phi) is 4.54. The molecule has 2 aromatic heterocycles. The maximum Gasteiger partial charge on any atom is 0.309 e. The number of rotatable bonds is 4. The van der Waals surface area contributed by atoms with Crippen molar-refractivity contribution >= 4 is 22.3 Å². The van der Waals surface area contributed by atoms with Gasteiger partial charge in [0.25, 0.3) is 5.56 Å². The van der Waals surface area contributed by atoms with Gasteiger partial charge in [-0.15, -0.1) is 11.3 Å². The van der Waals surface area contributed by atoms with Crippen molar-refractivity contribution in [3.8, 4) is 0 Å². The molecule has 3 rings (SSSR count). The second kappa shape index (κ2) is 6.58. The quantitative estimate of drug-likeness (QED) is 0.812. The average molecular weight is 322 g/mol. The van der Waals surface area contributed by atoms with Crippen LogP contribution in [0.3, 0.4) is 0 Å². The third-order valence-corrected chi connectivity index (χ3v) is 4.86. The zero-order valence-electron chi connectivity index (χ0n) is 12.6. The van der Waals surface area contributed by atoms with Crippen LogP contribution >= 0.6 is 11.3 Å². The summed E-state index contributed by atoms with van der Waals surface area (Å²) in [5.41, 5.74) is 0.805. The van der Waals surface area contributed by atoms with E-state index < -0.39 is 0 Å². The lowest BCUT2D eigenvalue weighted by atomic mass is 9.97. The SMILES string of the molecule is CCOC(=O)C1CC[NH+](Cc2cc(=O)n3ccsc3n2)CC1. The number of ether oxygens (including phenoxy) is 1. The van der Waals surface area contributed by atoms with Crippen molar-refractivity contribution in [1.82, 2.24) is 9.38 Å². The van der Waals surface area contributed by atoms with Gasteiger partial charge >= 0.3 is 5.97 Å². The molecule has 0 saturated carbocycles. The van der Waals surface area contributed by atoms with Crippen molar-refractivity contribution in [2.75, 3.05) is 19.7 Å². The monoisotopic (exact) mass is 322 g/mol. The highest BCUT2D eigenvalue weighted by Gasteiger charge is 2.28. The van der Waals surface area contributed by atoms with Gasteiger partial charge < -0.3 is 9.64 Å². The zero-order valence-corrected chi connectivity index (χ0v) is 13.4. The number of thiazole rings is 1. The highest BCUT2D eigenvalue weighted by atomic mass is 32.1. The first-order valence-electron chi connectivity index (χ1n) is 7.63. The number of nitrogens with zero attached hydrogens (tertiary/aromatic N) is 2. The standard InChI is InChI=1S/C15H19N3O3S/c1-2-21-14(20)11-3-5-17(6-4-11)10-12-9-13(19)18-7-8-22-15(18)16-12/h7-9,11H,2-6,10H2,1H3/p+1. The molecule has 1 N–H and O–H groups in total. The van der Waals surface area contributed by atoms with Gasteiger partial charge in [0.1, 0.15) is 12.2 Å². The lowest BCUT2D eigenvalue weighted by Gasteiger charge is -2.27. The summed E-state index contributed by atoms with van der Waals surface area (Å²) in [6.45, 7) is 4.84. The highest BCUT2D eigenvalue weighted by Crippen LogP contribution is 2.12. The molecule has 1 aliphatic heterocycles. The summed E-state index contributed by atoms with van der Waals surface area (Å²) < 4.78 is 6.65. The minimum atomic E-state index is -0.0714. The van der Waals surface area contributed by atoms with Crippen molar-refractivity contribution in [1.29, 1.82) is 0 Å². The topological polar surface area (TPSA) is 65.1 Å². The summed E-state index contributed by atoms with van der Waals surface area (Å²) >= 11 is 1.47. The third-order valence-electron chi connectivity index (χ3n) is 4.10. The molecule has 118 valence electrons. The molecule has 2 aromatic rings. The Morgan fingerprint density at radius 1 is 1.50 bits per heavy atom. The van der Waals surface area contributed by atoms with E-state index in [2.05, 4.69) is 4.98 Å². The minimum Gasteiger partial charge on any atom is -0.466 e. The van der Waals surface area contributed by atoms with Crippen molar-refractivity contribution < 1.29 is 14.4 Å². The molecule has 22 heavy (non-hydrogen) atoms. The van der Waals surface area contributed by atoms with E-state index in [4.69, 9.17) is 4.74 Å². The molecule has 0 radical (unpaired) electrons. The molecule has 0 unspecified atom stereocenters. The summed E-state index contributed by atoms with van der Waals surface area (Å²) in [7, 11) is 0. The normalized spacial score (nSPS) is 21.9. The number of nitrogens with one attached hydrogen (secondary N) is 1. The van der Waals surface area contributed by atoms with E-state index in [1.54, 1.807) is 16.7 Å². The summed E-state index contributed by atoms with van der Waals surface area (Å²) in [6, 6.07) is 1.62. The smallest absolute Gasteiger partial charge is 0.309 e. The molecule has 6 nitrogen and oxygen atoms in total. The Hall–Kier alpha value is -1.73. The van der Waals surface area contributed by atoms with Crippen molar-refractivity contribution in [3.63, 3.8) is 0 Å². The van der Waals surface area contributed by atoms with Crippen LogP contribution in [0.15, 0.2) is 22.4 Å². The van der Waals surface area contributed by atoms with Crippen molar-refractivity contribution in [2.24, 2.45) is 5.92 Å². The van der Waals surface area contributed by atoms with E-state index in [-0.39, 0.29) is 17.4 Å². The molecule has 1 fully saturated rings. The van der Waals surface area contributed by atoms with Crippen LogP contribution in [0.1, 0.15) is 25.5 Å². The first-order valence-corrected chi connectivity index (χ1v) is 8.51. The number of carbonyl (C=O) groups excluding carboxylic acids is 1. The second-order valence-electron chi connectivity index (χ2n) is 5.59. The molecule has 0 amide bonds. The Morgan fingerprint density at radius 3 is 3.00 bits per heavy atom. The van der Waals surface area contributed by atoms with Gasteiger partial charge in [0.05, 0.1) is 25.6 Å². The van der Waals surface area contributed by atoms with E-state index in [1.165, 1.54) is 16.2 Å². The Labute approximate surface area is 132 Å². The number of likely N-dealkylation sites (tertiary alicyclic amines) is 1. The highest BCUT2D eigenvalue weighted by molar-refractivity contribution is 7.15. The molecule has 1 saturated heterocycles. The molecular weight excluding hydrogens is 302 g/mol. The predicted octanol–water partition coefficient (Wildman–Crippen LogP) is 0.114. The number of carbonyl (C=O) groups is 1. The van der Waals surface area contributed by atoms with Crippen LogP contribution in [-0.4, -0.2) is 35.1 Å². The van der Waals surface area contributed by atoms with Crippen LogP contribution < -0.4 is 10.5 Å². The molecule has 0 aromatic carbocycles. The molecule has 0 aliphatic carbocycles. The largest absolute Gasteiger partial charge is 0.466 e. The molecule has 7 heteroatoms. The lowest BCUT2D eigenvalue weighted by Crippen LogP contribution is -3.11. The van der Waals surface area contributed by atoms with E-state index in [0.29, 0.717) is 6.61 Å². The third kappa shape index (κ3) is 3.20. The van der Waals surface area contributed by atoms with Gasteiger partial charge in [0.2, 0.25) is 0 Å². The first-order chi connectivity index (χ1) is 10.7. The molecular formula is C15H20N3O3S+. The van der Waals surface area contributed by atoms with Crippen LogP contribution in [0.25, 0.3) is 4.96 Å². The summed E-state index contributed by atoms with van der Waals surface area (Å²) in [5.74, 6) is -0.0417. The van der Waals surface area contributed by atoms with Crippen LogP contribution in [-0.2, 0) is 16.1 Å². The Morgan fingerprint density at radius 2 is 2.27 bits per heavy atom. The van der Waals surface area contributed by atoms with Gasteiger partial charge in [-0.2, -0.15) is 0 Å².